The summed E-state index contributed by atoms with van der Waals surface area (Å²) in [7, 11) is 0. The van der Waals surface area contributed by atoms with Crippen LogP contribution in [0, 0.1) is 0 Å². The summed E-state index contributed by atoms with van der Waals surface area (Å²) in [4.78, 5) is 11.8. The van der Waals surface area contributed by atoms with Gasteiger partial charge >= 0.3 is 0 Å². The van der Waals surface area contributed by atoms with Crippen LogP contribution < -0.4 is 0 Å². The van der Waals surface area contributed by atoms with Gasteiger partial charge in [-0.2, -0.15) is 0 Å². The van der Waals surface area contributed by atoms with Crippen molar-refractivity contribution in [3.05, 3.63) is 71.2 Å². The zero-order valence-electron chi connectivity index (χ0n) is 10.1. The Balaban J connectivity index is 1.71. The molecule has 1 aromatic carbocycles. The maximum atomic E-state index is 11.8. The molecule has 96 valence electrons. The number of furan rings is 1. The van der Waals surface area contributed by atoms with Crippen molar-refractivity contribution in [1.29, 1.82) is 0 Å². The average molecular weight is 272 g/mol. The fraction of sp³-hybridized carbons (Fsp3) is 0.133. The molecule has 0 spiro atoms. The first-order chi connectivity index (χ1) is 9.33. The van der Waals surface area contributed by atoms with Crippen molar-refractivity contribution >= 4 is 17.5 Å². The molecule has 0 radical (unpaired) electrons. The quantitative estimate of drug-likeness (QED) is 0.629. The minimum atomic E-state index is -0.166. The van der Waals surface area contributed by atoms with Crippen molar-refractivity contribution in [2.24, 2.45) is 0 Å². The smallest absolute Gasteiger partial charge is 0.225 e. The molecule has 3 rings (SSSR count). The van der Waals surface area contributed by atoms with Crippen LogP contribution in [0.5, 0.6) is 0 Å². The second-order valence-electron chi connectivity index (χ2n) is 4.13. The van der Waals surface area contributed by atoms with E-state index < -0.39 is 0 Å². The van der Waals surface area contributed by atoms with E-state index >= 15 is 0 Å². The number of ether oxygens (including phenoxy) is 1. The van der Waals surface area contributed by atoms with E-state index in [2.05, 4.69) is 0 Å². The summed E-state index contributed by atoms with van der Waals surface area (Å²) in [6, 6.07) is 13.3. The largest absolute Gasteiger partial charge is 0.478 e. The lowest BCUT2D eigenvalue weighted by molar-refractivity contribution is 0.101. The zero-order chi connectivity index (χ0) is 13.1. The summed E-state index contributed by atoms with van der Waals surface area (Å²) in [6.45, 7) is 0. The van der Waals surface area contributed by atoms with E-state index in [9.17, 15) is 4.79 Å². The van der Waals surface area contributed by atoms with Crippen LogP contribution in [0.1, 0.15) is 22.2 Å². The number of carbonyl (C=O) groups excluding carboxylic acids is 1. The van der Waals surface area contributed by atoms with Crippen LogP contribution in [0.2, 0.25) is 0 Å². The minimum Gasteiger partial charge on any atom is -0.478 e. The monoisotopic (exact) mass is 272 g/mol. The predicted octanol–water partition coefficient (Wildman–Crippen LogP) is 3.81. The molecule has 0 amide bonds. The molecule has 0 aliphatic carbocycles. The molecule has 1 aromatic heterocycles. The van der Waals surface area contributed by atoms with Crippen molar-refractivity contribution in [2.45, 2.75) is 6.10 Å². The number of rotatable bonds is 3. The van der Waals surface area contributed by atoms with Crippen LogP contribution in [0.15, 0.2) is 64.3 Å². The maximum Gasteiger partial charge on any atom is 0.225 e. The molecule has 1 aliphatic heterocycles. The van der Waals surface area contributed by atoms with Gasteiger partial charge in [-0.15, -0.1) is 0 Å². The zero-order valence-corrected chi connectivity index (χ0v) is 10.9. The lowest BCUT2D eigenvalue weighted by atomic mass is 10.1. The molecular formula is C15H12O3S. The summed E-state index contributed by atoms with van der Waals surface area (Å²) in [5.41, 5.74) is 1.13. The third kappa shape index (κ3) is 2.74. The Morgan fingerprint density at radius 3 is 2.79 bits per heavy atom. The lowest BCUT2D eigenvalue weighted by Gasteiger charge is -2.09. The third-order valence-electron chi connectivity index (χ3n) is 2.82. The molecule has 19 heavy (non-hydrogen) atoms. The van der Waals surface area contributed by atoms with Gasteiger partial charge in [0.2, 0.25) is 5.78 Å². The van der Waals surface area contributed by atoms with Crippen molar-refractivity contribution in [1.82, 2.24) is 0 Å². The minimum absolute atomic E-state index is 0.0156. The normalized spacial score (nSPS) is 20.4. The Morgan fingerprint density at radius 1 is 1.21 bits per heavy atom. The summed E-state index contributed by atoms with van der Waals surface area (Å²) in [5.74, 6) is 0.988. The van der Waals surface area contributed by atoms with Gasteiger partial charge in [-0.1, -0.05) is 42.1 Å². The van der Waals surface area contributed by atoms with Crippen LogP contribution in [-0.4, -0.2) is 11.5 Å². The third-order valence-corrected chi connectivity index (χ3v) is 3.79. The van der Waals surface area contributed by atoms with E-state index in [1.165, 1.54) is 12.3 Å². The number of allylic oxidation sites excluding steroid dienone is 1. The first-order valence-electron chi connectivity index (χ1n) is 5.97. The van der Waals surface area contributed by atoms with Gasteiger partial charge in [0, 0.05) is 11.8 Å². The maximum absolute atomic E-state index is 11.8. The second-order valence-corrected chi connectivity index (χ2v) is 5.16. The van der Waals surface area contributed by atoms with Crippen LogP contribution in [0.3, 0.4) is 0 Å². The van der Waals surface area contributed by atoms with Crippen LogP contribution in [-0.2, 0) is 4.74 Å². The van der Waals surface area contributed by atoms with E-state index in [0.29, 0.717) is 10.9 Å². The van der Waals surface area contributed by atoms with Crippen molar-refractivity contribution in [2.75, 3.05) is 5.75 Å². The van der Waals surface area contributed by atoms with Gasteiger partial charge in [0.25, 0.3) is 0 Å². The van der Waals surface area contributed by atoms with Crippen LogP contribution >= 0.6 is 11.8 Å². The Bertz CT molecular complexity index is 587. The molecule has 0 N–H and O–H groups in total. The Morgan fingerprint density at radius 2 is 2.05 bits per heavy atom. The molecule has 4 heteroatoms. The van der Waals surface area contributed by atoms with Gasteiger partial charge in [-0.05, 0) is 17.7 Å². The number of ketones is 1. The molecule has 1 atom stereocenters. The summed E-state index contributed by atoms with van der Waals surface area (Å²) in [6.07, 6.45) is 3.00. The van der Waals surface area contributed by atoms with E-state index in [1.54, 1.807) is 23.9 Å². The second kappa shape index (κ2) is 5.36. The first-order valence-corrected chi connectivity index (χ1v) is 6.95. The summed E-state index contributed by atoms with van der Waals surface area (Å²) < 4.78 is 10.8. The molecule has 2 heterocycles. The van der Waals surface area contributed by atoms with E-state index in [0.717, 1.165) is 11.3 Å². The van der Waals surface area contributed by atoms with Gasteiger partial charge < -0.3 is 9.15 Å². The Labute approximate surface area is 115 Å². The fourth-order valence-corrected chi connectivity index (χ4v) is 2.82. The lowest BCUT2D eigenvalue weighted by Crippen LogP contribution is -1.98. The molecular weight excluding hydrogens is 260 g/mol. The van der Waals surface area contributed by atoms with Crippen molar-refractivity contribution < 1.29 is 13.9 Å². The van der Waals surface area contributed by atoms with Crippen LogP contribution in [0.25, 0.3) is 0 Å². The van der Waals surface area contributed by atoms with Gasteiger partial charge in [-0.25, -0.2) is 0 Å². The summed E-state index contributed by atoms with van der Waals surface area (Å²) >= 11 is 1.55. The fourth-order valence-electron chi connectivity index (χ4n) is 1.87. The highest BCUT2D eigenvalue weighted by atomic mass is 32.2. The molecule has 1 fully saturated rings. The van der Waals surface area contributed by atoms with Gasteiger partial charge in [-0.3, -0.25) is 4.79 Å². The molecule has 0 bridgehead atoms. The van der Waals surface area contributed by atoms with Gasteiger partial charge in [0.15, 0.2) is 10.9 Å². The Kier molecular flexibility index (Phi) is 3.42. The van der Waals surface area contributed by atoms with Gasteiger partial charge in [0.1, 0.15) is 6.10 Å². The number of hydrogen-bond donors (Lipinski definition) is 0. The SMILES string of the molecule is O=C(/C=C1/OC(c2ccccc2)CS1)c1ccco1. The average Bonchev–Trinajstić information content (AvgIpc) is 3.11. The number of hydrogen-bond acceptors (Lipinski definition) is 4. The molecule has 2 aromatic rings. The summed E-state index contributed by atoms with van der Waals surface area (Å²) in [5, 5.41) is 0.648. The molecule has 3 nitrogen and oxygen atoms in total. The topological polar surface area (TPSA) is 39.4 Å². The molecule has 1 unspecified atom stereocenters. The van der Waals surface area contributed by atoms with E-state index in [-0.39, 0.29) is 11.9 Å². The van der Waals surface area contributed by atoms with E-state index in [4.69, 9.17) is 9.15 Å². The molecule has 1 saturated heterocycles. The highest BCUT2D eigenvalue weighted by Gasteiger charge is 2.24. The molecule has 1 aliphatic rings. The van der Waals surface area contributed by atoms with Gasteiger partial charge in [0.05, 0.1) is 6.26 Å². The standard InChI is InChI=1S/C15H12O3S/c16-12(13-7-4-8-17-13)9-15-18-14(10-19-15)11-5-2-1-3-6-11/h1-9,14H,10H2/b15-9-. The van der Waals surface area contributed by atoms with Crippen molar-refractivity contribution in [3.63, 3.8) is 0 Å². The van der Waals surface area contributed by atoms with Crippen molar-refractivity contribution in [3.8, 4) is 0 Å². The number of thioether (sulfide) groups is 1. The Hall–Kier alpha value is -1.94. The molecule has 0 saturated carbocycles. The predicted molar refractivity (Wildman–Crippen MR) is 73.8 cm³/mol. The number of benzene rings is 1. The highest BCUT2D eigenvalue weighted by molar-refractivity contribution is 8.03. The van der Waals surface area contributed by atoms with E-state index in [1.807, 2.05) is 30.3 Å². The first kappa shape index (κ1) is 12.1. The number of carbonyl (C=O) groups is 1. The van der Waals surface area contributed by atoms with Crippen LogP contribution in [0.4, 0.5) is 0 Å². The highest BCUT2D eigenvalue weighted by Crippen LogP contribution is 2.37.